The summed E-state index contributed by atoms with van der Waals surface area (Å²) in [6, 6.07) is 4.31. The Hall–Kier alpha value is -0.600. The van der Waals surface area contributed by atoms with Crippen LogP contribution in [0.1, 0.15) is 11.7 Å². The van der Waals surface area contributed by atoms with Gasteiger partial charge in [0.15, 0.2) is 0 Å². The fourth-order valence-electron chi connectivity index (χ4n) is 0.989. The topological polar surface area (TPSA) is 12.5 Å². The van der Waals surface area contributed by atoms with Crippen molar-refractivity contribution in [3.8, 4) is 0 Å². The molecule has 1 aliphatic heterocycles. The van der Waals surface area contributed by atoms with Gasteiger partial charge in [0, 0.05) is 10.6 Å². The highest BCUT2D eigenvalue weighted by atomic mass is 35.5. The average Bonchev–Trinajstić information content (AvgIpc) is 2.76. The summed E-state index contributed by atoms with van der Waals surface area (Å²) in [6.45, 7) is 0.656. The third-order valence-electron chi connectivity index (χ3n) is 1.64. The molecule has 1 heterocycles. The largest absolute Gasteiger partial charge is 0.368 e. The molecule has 1 unspecified atom stereocenters. The first kappa shape index (κ1) is 7.07. The third kappa shape index (κ3) is 1.37. The summed E-state index contributed by atoms with van der Waals surface area (Å²) < 4.78 is 17.6. The highest BCUT2D eigenvalue weighted by Crippen LogP contribution is 2.34. The Kier molecular flexibility index (Phi) is 1.59. The van der Waals surface area contributed by atoms with Crippen LogP contribution in [0.4, 0.5) is 4.39 Å². The zero-order valence-corrected chi connectivity index (χ0v) is 6.44. The van der Waals surface area contributed by atoms with Crippen LogP contribution >= 0.6 is 11.6 Å². The number of halogens is 2. The molecule has 1 aliphatic rings. The first-order valence-electron chi connectivity index (χ1n) is 3.34. The van der Waals surface area contributed by atoms with Crippen molar-refractivity contribution in [2.24, 2.45) is 0 Å². The van der Waals surface area contributed by atoms with E-state index in [9.17, 15) is 4.39 Å². The second kappa shape index (κ2) is 2.47. The molecular formula is C8H6ClFO. The molecule has 11 heavy (non-hydrogen) atoms. The van der Waals surface area contributed by atoms with Crippen LogP contribution in [0, 0.1) is 5.82 Å². The van der Waals surface area contributed by atoms with Crippen molar-refractivity contribution in [3.63, 3.8) is 0 Å². The summed E-state index contributed by atoms with van der Waals surface area (Å²) in [5.74, 6) is -0.264. The molecule has 1 nitrogen and oxygen atoms in total. The standard InChI is InChI=1S/C8H6ClFO/c9-7-2-1-5(10)3-6(7)8-4-11-8/h1-3,8H,4H2. The number of hydrogen-bond acceptors (Lipinski definition) is 1. The van der Waals surface area contributed by atoms with E-state index in [0.29, 0.717) is 11.6 Å². The van der Waals surface area contributed by atoms with E-state index in [0.717, 1.165) is 5.56 Å². The molecule has 1 fully saturated rings. The summed E-state index contributed by atoms with van der Waals surface area (Å²) in [4.78, 5) is 0. The quantitative estimate of drug-likeness (QED) is 0.593. The normalized spacial score (nSPS) is 21.8. The molecule has 0 bridgehead atoms. The monoisotopic (exact) mass is 172 g/mol. The predicted octanol–water partition coefficient (Wildman–Crippen LogP) is 2.55. The lowest BCUT2D eigenvalue weighted by Crippen LogP contribution is -1.84. The van der Waals surface area contributed by atoms with E-state index < -0.39 is 0 Å². The highest BCUT2D eigenvalue weighted by molar-refractivity contribution is 6.31. The molecule has 1 aromatic carbocycles. The Morgan fingerprint density at radius 3 is 2.91 bits per heavy atom. The van der Waals surface area contributed by atoms with Crippen molar-refractivity contribution in [2.75, 3.05) is 6.61 Å². The van der Waals surface area contributed by atoms with Crippen LogP contribution in [-0.2, 0) is 4.74 Å². The fraction of sp³-hybridized carbons (Fsp3) is 0.250. The van der Waals surface area contributed by atoms with Gasteiger partial charge in [0.2, 0.25) is 0 Å². The van der Waals surface area contributed by atoms with Gasteiger partial charge in [-0.15, -0.1) is 0 Å². The molecule has 0 aliphatic carbocycles. The van der Waals surface area contributed by atoms with Crippen LogP contribution in [-0.4, -0.2) is 6.61 Å². The van der Waals surface area contributed by atoms with Crippen LogP contribution in [0.3, 0.4) is 0 Å². The zero-order chi connectivity index (χ0) is 7.84. The van der Waals surface area contributed by atoms with Crippen molar-refractivity contribution < 1.29 is 9.13 Å². The van der Waals surface area contributed by atoms with E-state index in [1.165, 1.54) is 12.1 Å². The van der Waals surface area contributed by atoms with Gasteiger partial charge >= 0.3 is 0 Å². The van der Waals surface area contributed by atoms with Gasteiger partial charge in [-0.1, -0.05) is 11.6 Å². The number of ether oxygens (including phenoxy) is 1. The van der Waals surface area contributed by atoms with E-state index in [4.69, 9.17) is 16.3 Å². The molecular weight excluding hydrogens is 167 g/mol. The van der Waals surface area contributed by atoms with Gasteiger partial charge in [0.25, 0.3) is 0 Å². The van der Waals surface area contributed by atoms with Gasteiger partial charge in [0.05, 0.1) is 6.61 Å². The number of benzene rings is 1. The van der Waals surface area contributed by atoms with Crippen molar-refractivity contribution in [1.29, 1.82) is 0 Å². The van der Waals surface area contributed by atoms with Gasteiger partial charge in [-0.05, 0) is 18.2 Å². The van der Waals surface area contributed by atoms with Gasteiger partial charge in [-0.2, -0.15) is 0 Å². The van der Waals surface area contributed by atoms with E-state index in [-0.39, 0.29) is 11.9 Å². The van der Waals surface area contributed by atoms with Crippen LogP contribution in [0.15, 0.2) is 18.2 Å². The minimum absolute atomic E-state index is 0.0261. The second-order valence-electron chi connectivity index (χ2n) is 2.49. The maximum Gasteiger partial charge on any atom is 0.123 e. The van der Waals surface area contributed by atoms with Crippen LogP contribution in [0.5, 0.6) is 0 Å². The second-order valence-corrected chi connectivity index (χ2v) is 2.90. The first-order chi connectivity index (χ1) is 5.27. The van der Waals surface area contributed by atoms with E-state index in [1.807, 2.05) is 0 Å². The number of epoxide rings is 1. The maximum atomic E-state index is 12.6. The SMILES string of the molecule is Fc1ccc(Cl)c(C2CO2)c1. The Morgan fingerprint density at radius 2 is 2.27 bits per heavy atom. The third-order valence-corrected chi connectivity index (χ3v) is 1.98. The lowest BCUT2D eigenvalue weighted by atomic mass is 10.1. The molecule has 1 atom stereocenters. The molecule has 0 radical (unpaired) electrons. The van der Waals surface area contributed by atoms with Crippen molar-refractivity contribution >= 4 is 11.6 Å². The van der Waals surface area contributed by atoms with Crippen LogP contribution in [0.2, 0.25) is 5.02 Å². The van der Waals surface area contributed by atoms with Crippen molar-refractivity contribution in [3.05, 3.63) is 34.6 Å². The number of hydrogen-bond donors (Lipinski definition) is 0. The Balaban J connectivity index is 2.42. The lowest BCUT2D eigenvalue weighted by Gasteiger charge is -1.98. The molecule has 58 valence electrons. The molecule has 1 aromatic rings. The molecule has 0 aromatic heterocycles. The molecule has 0 amide bonds. The van der Waals surface area contributed by atoms with E-state index in [2.05, 4.69) is 0 Å². The van der Waals surface area contributed by atoms with E-state index >= 15 is 0 Å². The molecule has 0 spiro atoms. The van der Waals surface area contributed by atoms with Crippen molar-refractivity contribution in [2.45, 2.75) is 6.10 Å². The van der Waals surface area contributed by atoms with Gasteiger partial charge < -0.3 is 4.74 Å². The molecule has 0 N–H and O–H groups in total. The summed E-state index contributed by atoms with van der Waals surface area (Å²) in [5, 5.41) is 0.578. The summed E-state index contributed by atoms with van der Waals surface area (Å²) in [5.41, 5.74) is 0.756. The Bertz CT molecular complexity index is 283. The van der Waals surface area contributed by atoms with Gasteiger partial charge in [-0.25, -0.2) is 4.39 Å². The summed E-state index contributed by atoms with van der Waals surface area (Å²) in [7, 11) is 0. The van der Waals surface area contributed by atoms with Crippen LogP contribution in [0.25, 0.3) is 0 Å². The average molecular weight is 173 g/mol. The molecule has 1 saturated heterocycles. The molecule has 0 saturated carbocycles. The van der Waals surface area contributed by atoms with Crippen molar-refractivity contribution in [1.82, 2.24) is 0 Å². The van der Waals surface area contributed by atoms with E-state index in [1.54, 1.807) is 6.07 Å². The van der Waals surface area contributed by atoms with Gasteiger partial charge in [0.1, 0.15) is 11.9 Å². The predicted molar refractivity (Wildman–Crippen MR) is 40.1 cm³/mol. The van der Waals surface area contributed by atoms with Crippen LogP contribution < -0.4 is 0 Å². The fourth-order valence-corrected chi connectivity index (χ4v) is 1.23. The summed E-state index contributed by atoms with van der Waals surface area (Å²) >= 11 is 5.78. The smallest absolute Gasteiger partial charge is 0.123 e. The summed E-state index contributed by atoms with van der Waals surface area (Å²) in [6.07, 6.45) is 0.0261. The Labute approximate surface area is 68.7 Å². The maximum absolute atomic E-state index is 12.6. The minimum atomic E-state index is -0.264. The number of rotatable bonds is 1. The molecule has 3 heteroatoms. The lowest BCUT2D eigenvalue weighted by molar-refractivity contribution is 0.415. The molecule has 2 rings (SSSR count). The zero-order valence-electron chi connectivity index (χ0n) is 5.68. The minimum Gasteiger partial charge on any atom is -0.368 e. The Morgan fingerprint density at radius 1 is 1.55 bits per heavy atom. The van der Waals surface area contributed by atoms with Gasteiger partial charge in [-0.3, -0.25) is 0 Å². The highest BCUT2D eigenvalue weighted by Gasteiger charge is 2.27. The first-order valence-corrected chi connectivity index (χ1v) is 3.72.